The van der Waals surface area contributed by atoms with Gasteiger partial charge < -0.3 is 10.1 Å². The molecule has 11 heavy (non-hydrogen) atoms. The quantitative estimate of drug-likeness (QED) is 0.432. The van der Waals surface area contributed by atoms with E-state index in [2.05, 4.69) is 11.2 Å². The van der Waals surface area contributed by atoms with E-state index in [1.807, 2.05) is 0 Å². The molecule has 0 amide bonds. The normalized spacial score (nSPS) is 24.1. The molecule has 1 rings (SSSR count). The van der Waals surface area contributed by atoms with Gasteiger partial charge in [0.05, 0.1) is 12.7 Å². The van der Waals surface area contributed by atoms with E-state index in [4.69, 9.17) is 11.2 Å². The monoisotopic (exact) mass is 153 g/mol. The molecule has 1 aliphatic heterocycles. The van der Waals surface area contributed by atoms with Gasteiger partial charge in [-0.05, 0) is 5.92 Å². The summed E-state index contributed by atoms with van der Waals surface area (Å²) >= 11 is 0. The number of terminal acetylenes is 1. The number of ether oxygens (including phenoxy) is 1. The van der Waals surface area contributed by atoms with Crippen molar-refractivity contribution >= 4 is 5.78 Å². The van der Waals surface area contributed by atoms with Crippen molar-refractivity contribution in [3.05, 3.63) is 0 Å². The Morgan fingerprint density at radius 3 is 3.18 bits per heavy atom. The van der Waals surface area contributed by atoms with Crippen LogP contribution < -0.4 is 5.32 Å². The van der Waals surface area contributed by atoms with Crippen LogP contribution in [0.25, 0.3) is 0 Å². The maximum Gasteiger partial charge on any atom is 0.207 e. The van der Waals surface area contributed by atoms with Crippen LogP contribution in [0.4, 0.5) is 0 Å². The van der Waals surface area contributed by atoms with Gasteiger partial charge in [0.2, 0.25) is 5.78 Å². The molecule has 0 saturated carbocycles. The molecule has 0 radical (unpaired) electrons. The van der Waals surface area contributed by atoms with Crippen molar-refractivity contribution in [3.63, 3.8) is 0 Å². The van der Waals surface area contributed by atoms with Crippen molar-refractivity contribution < 1.29 is 9.53 Å². The van der Waals surface area contributed by atoms with Crippen molar-refractivity contribution in [2.24, 2.45) is 0 Å². The summed E-state index contributed by atoms with van der Waals surface area (Å²) in [6.07, 6.45) is 5.23. The number of nitrogens with one attached hydrogen (secondary N) is 1. The van der Waals surface area contributed by atoms with Crippen LogP contribution in [0.15, 0.2) is 0 Å². The number of rotatable bonds is 2. The first-order valence-electron chi connectivity index (χ1n) is 3.64. The highest BCUT2D eigenvalue weighted by Crippen LogP contribution is 2.00. The minimum absolute atomic E-state index is 0.0210. The Morgan fingerprint density at radius 1 is 1.82 bits per heavy atom. The first-order valence-corrected chi connectivity index (χ1v) is 3.64. The third kappa shape index (κ3) is 2.71. The van der Waals surface area contributed by atoms with Gasteiger partial charge in [-0.15, -0.1) is 6.42 Å². The molecular weight excluding hydrogens is 142 g/mol. The van der Waals surface area contributed by atoms with Gasteiger partial charge in [-0.25, -0.2) is 0 Å². The molecule has 0 aromatic heterocycles. The van der Waals surface area contributed by atoms with Gasteiger partial charge in [-0.3, -0.25) is 4.79 Å². The molecule has 0 aromatic rings. The SMILES string of the molecule is C#CC(=O)CC1CNCCO1. The highest BCUT2D eigenvalue weighted by molar-refractivity contribution is 5.95. The molecule has 1 aliphatic rings. The fourth-order valence-electron chi connectivity index (χ4n) is 1.02. The number of carbonyl (C=O) groups is 1. The van der Waals surface area contributed by atoms with Crippen LogP contribution in [0.2, 0.25) is 0 Å². The van der Waals surface area contributed by atoms with E-state index in [0.717, 1.165) is 13.1 Å². The molecule has 0 bridgehead atoms. The molecule has 1 saturated heterocycles. The minimum Gasteiger partial charge on any atom is -0.375 e. The molecular formula is C8H11NO2. The third-order valence-electron chi connectivity index (χ3n) is 1.58. The number of ketones is 1. The predicted molar refractivity (Wildman–Crippen MR) is 41.1 cm³/mol. The summed E-state index contributed by atoms with van der Waals surface area (Å²) in [4.78, 5) is 10.7. The summed E-state index contributed by atoms with van der Waals surface area (Å²) in [5, 5.41) is 3.12. The Kier molecular flexibility index (Phi) is 3.09. The van der Waals surface area contributed by atoms with E-state index in [1.165, 1.54) is 0 Å². The summed E-state index contributed by atoms with van der Waals surface area (Å²) in [6, 6.07) is 0. The summed E-state index contributed by atoms with van der Waals surface area (Å²) in [5.74, 6) is 1.88. The third-order valence-corrected chi connectivity index (χ3v) is 1.58. The van der Waals surface area contributed by atoms with Gasteiger partial charge >= 0.3 is 0 Å². The van der Waals surface area contributed by atoms with Crippen LogP contribution in [0, 0.1) is 12.3 Å². The molecule has 1 heterocycles. The summed E-state index contributed by atoms with van der Waals surface area (Å²) in [6.45, 7) is 2.26. The molecule has 3 nitrogen and oxygen atoms in total. The predicted octanol–water partition coefficient (Wildman–Crippen LogP) is -0.433. The lowest BCUT2D eigenvalue weighted by Gasteiger charge is -2.21. The Morgan fingerprint density at radius 2 is 2.64 bits per heavy atom. The van der Waals surface area contributed by atoms with E-state index in [9.17, 15) is 4.79 Å². The number of carbonyl (C=O) groups excluding carboxylic acids is 1. The van der Waals surface area contributed by atoms with E-state index in [-0.39, 0.29) is 11.9 Å². The lowest BCUT2D eigenvalue weighted by molar-refractivity contribution is -0.117. The second-order valence-corrected chi connectivity index (χ2v) is 2.47. The van der Waals surface area contributed by atoms with E-state index < -0.39 is 0 Å². The maximum atomic E-state index is 10.7. The van der Waals surface area contributed by atoms with Crippen LogP contribution in [0.1, 0.15) is 6.42 Å². The van der Waals surface area contributed by atoms with E-state index in [1.54, 1.807) is 0 Å². The Hall–Kier alpha value is -0.850. The van der Waals surface area contributed by atoms with Gasteiger partial charge in [0.25, 0.3) is 0 Å². The molecule has 3 heteroatoms. The fraction of sp³-hybridized carbons (Fsp3) is 0.625. The van der Waals surface area contributed by atoms with Gasteiger partial charge in [0.15, 0.2) is 0 Å². The Labute approximate surface area is 66.1 Å². The second kappa shape index (κ2) is 4.12. The average molecular weight is 153 g/mol. The van der Waals surface area contributed by atoms with Crippen LogP contribution >= 0.6 is 0 Å². The average Bonchev–Trinajstić information content (AvgIpc) is 2.06. The zero-order chi connectivity index (χ0) is 8.10. The van der Waals surface area contributed by atoms with E-state index >= 15 is 0 Å². The van der Waals surface area contributed by atoms with Crippen LogP contribution in [0.5, 0.6) is 0 Å². The van der Waals surface area contributed by atoms with Gasteiger partial charge in [-0.2, -0.15) is 0 Å². The van der Waals surface area contributed by atoms with E-state index in [0.29, 0.717) is 13.0 Å². The van der Waals surface area contributed by atoms with Crippen LogP contribution in [-0.4, -0.2) is 31.6 Å². The van der Waals surface area contributed by atoms with Crippen molar-refractivity contribution in [3.8, 4) is 12.3 Å². The van der Waals surface area contributed by atoms with Crippen molar-refractivity contribution in [2.45, 2.75) is 12.5 Å². The second-order valence-electron chi connectivity index (χ2n) is 2.47. The molecule has 1 atom stereocenters. The van der Waals surface area contributed by atoms with Crippen molar-refractivity contribution in [2.75, 3.05) is 19.7 Å². The van der Waals surface area contributed by atoms with Gasteiger partial charge in [0, 0.05) is 19.5 Å². The first kappa shape index (κ1) is 8.25. The lowest BCUT2D eigenvalue weighted by Crippen LogP contribution is -2.39. The zero-order valence-electron chi connectivity index (χ0n) is 6.30. The zero-order valence-corrected chi connectivity index (χ0v) is 6.30. The molecule has 1 N–H and O–H groups in total. The lowest BCUT2D eigenvalue weighted by atomic mass is 10.1. The molecule has 0 spiro atoms. The topological polar surface area (TPSA) is 38.3 Å². The number of hydrogen-bond donors (Lipinski definition) is 1. The number of Topliss-reactive ketones (excluding diaryl/α,β-unsaturated/α-hetero) is 1. The largest absolute Gasteiger partial charge is 0.375 e. The van der Waals surface area contributed by atoms with Crippen molar-refractivity contribution in [1.82, 2.24) is 5.32 Å². The number of morpholine rings is 1. The molecule has 0 aliphatic carbocycles. The van der Waals surface area contributed by atoms with Crippen molar-refractivity contribution in [1.29, 1.82) is 0 Å². The molecule has 1 fully saturated rings. The maximum absolute atomic E-state index is 10.7. The summed E-state index contributed by atoms with van der Waals surface area (Å²) in [5.41, 5.74) is 0. The molecule has 1 unspecified atom stereocenters. The van der Waals surface area contributed by atoms with Crippen LogP contribution in [0.3, 0.4) is 0 Å². The van der Waals surface area contributed by atoms with Gasteiger partial charge in [0.1, 0.15) is 0 Å². The molecule has 0 aromatic carbocycles. The highest BCUT2D eigenvalue weighted by atomic mass is 16.5. The first-order chi connectivity index (χ1) is 5.33. The fourth-order valence-corrected chi connectivity index (χ4v) is 1.02. The summed E-state index contributed by atoms with van der Waals surface area (Å²) < 4.78 is 5.27. The smallest absolute Gasteiger partial charge is 0.207 e. The highest BCUT2D eigenvalue weighted by Gasteiger charge is 2.15. The van der Waals surface area contributed by atoms with Crippen LogP contribution in [-0.2, 0) is 9.53 Å². The summed E-state index contributed by atoms with van der Waals surface area (Å²) in [7, 11) is 0. The minimum atomic E-state index is -0.182. The number of hydrogen-bond acceptors (Lipinski definition) is 3. The van der Waals surface area contributed by atoms with Gasteiger partial charge in [-0.1, -0.05) is 0 Å². The Balaban J connectivity index is 2.25. The Bertz CT molecular complexity index is 177. The standard InChI is InChI=1S/C8H11NO2/c1-2-7(10)5-8-6-9-3-4-11-8/h1,8-9H,3-6H2. The molecule has 60 valence electrons.